The highest BCUT2D eigenvalue weighted by Gasteiger charge is 2.44. The number of ether oxygens (including phenoxy) is 2. The SMILES string of the molecule is CC/C=C\C/C=C\C/C=C\C/C=C\C/C=C\C/C=C\C/C=C\CCCCCCCCCCCCCCCCCC(=O)NC(COC1OC(CO)C(O)C(O)C1O)C(O)/C=C/CC/C=C/CC/C=C/CCCCC. The van der Waals surface area contributed by atoms with Crippen molar-refractivity contribution in [2.45, 2.75) is 262 Å². The molecule has 6 N–H and O–H groups in total. The van der Waals surface area contributed by atoms with Crippen molar-refractivity contribution >= 4 is 5.91 Å². The summed E-state index contributed by atoms with van der Waals surface area (Å²) in [5.41, 5.74) is 0. The molecule has 1 aliphatic heterocycles. The van der Waals surface area contributed by atoms with Crippen LogP contribution in [0.4, 0.5) is 0 Å². The van der Waals surface area contributed by atoms with Crippen molar-refractivity contribution in [1.29, 1.82) is 0 Å². The first-order valence-corrected chi connectivity index (χ1v) is 29.3. The van der Waals surface area contributed by atoms with Crippen molar-refractivity contribution in [3.63, 3.8) is 0 Å². The molecule has 1 fully saturated rings. The molecule has 0 bridgehead atoms. The van der Waals surface area contributed by atoms with Gasteiger partial charge in [-0.3, -0.25) is 4.79 Å². The lowest BCUT2D eigenvalue weighted by Gasteiger charge is -2.40. The van der Waals surface area contributed by atoms with Crippen LogP contribution in [0.1, 0.15) is 219 Å². The summed E-state index contributed by atoms with van der Waals surface area (Å²) in [6, 6.07) is -0.834. The summed E-state index contributed by atoms with van der Waals surface area (Å²) in [7, 11) is 0. The summed E-state index contributed by atoms with van der Waals surface area (Å²) >= 11 is 0. The van der Waals surface area contributed by atoms with E-state index in [0.29, 0.717) is 6.42 Å². The standard InChI is InChI=1S/C64H107NO8/c1-3-5-7-9-11-13-15-17-18-19-20-21-22-23-24-25-26-27-28-29-30-31-32-33-34-35-36-37-38-39-40-42-44-46-48-50-52-54-60(68)65-57(56-72-64-63(71)62(70)61(69)59(55-66)73-64)58(67)53-51-49-47-45-43-41-16-14-12-10-8-6-4-2/h5,7,11-14,17-18,20-21,23-24,26-27,29-30,43,45,51,53,57-59,61-64,66-67,69-71H,3-4,6,8-10,15-16,19,22,25,28,31-42,44,46-50,52,54-56H2,1-2H3,(H,65,68)/b7-5-,13-11-,14-12+,18-17-,21-20-,24-23-,27-26-,30-29-,45-43+,53-51+. The average Bonchev–Trinajstić information content (AvgIpc) is 3.39. The molecule has 416 valence electrons. The van der Waals surface area contributed by atoms with Crippen LogP contribution in [0.3, 0.4) is 0 Å². The number of amides is 1. The Balaban J connectivity index is 2.13. The highest BCUT2D eigenvalue weighted by Crippen LogP contribution is 2.23. The molecule has 1 amide bonds. The monoisotopic (exact) mass is 1020 g/mol. The van der Waals surface area contributed by atoms with Gasteiger partial charge in [-0.05, 0) is 103 Å². The van der Waals surface area contributed by atoms with Crippen LogP contribution >= 0.6 is 0 Å². The maximum Gasteiger partial charge on any atom is 0.220 e. The molecule has 1 rings (SSSR count). The second kappa shape index (κ2) is 52.0. The van der Waals surface area contributed by atoms with Gasteiger partial charge in [0.1, 0.15) is 24.4 Å². The van der Waals surface area contributed by atoms with Crippen LogP contribution in [-0.2, 0) is 14.3 Å². The first-order chi connectivity index (χ1) is 35.8. The molecule has 73 heavy (non-hydrogen) atoms. The molecule has 0 aromatic carbocycles. The van der Waals surface area contributed by atoms with Crippen LogP contribution in [0.15, 0.2) is 122 Å². The largest absolute Gasteiger partial charge is 0.394 e. The number of hydrogen-bond acceptors (Lipinski definition) is 8. The van der Waals surface area contributed by atoms with E-state index in [1.165, 1.54) is 103 Å². The minimum absolute atomic E-state index is 0.197. The summed E-state index contributed by atoms with van der Waals surface area (Å²) in [4.78, 5) is 13.0. The minimum Gasteiger partial charge on any atom is -0.394 e. The Bertz CT molecular complexity index is 1560. The number of aliphatic hydroxyl groups is 5. The van der Waals surface area contributed by atoms with Gasteiger partial charge in [0.15, 0.2) is 6.29 Å². The summed E-state index contributed by atoms with van der Waals surface area (Å²) in [5.74, 6) is -0.197. The van der Waals surface area contributed by atoms with E-state index in [4.69, 9.17) is 9.47 Å². The van der Waals surface area contributed by atoms with Crippen molar-refractivity contribution in [3.05, 3.63) is 122 Å². The summed E-state index contributed by atoms with van der Waals surface area (Å²) < 4.78 is 11.2. The zero-order valence-electron chi connectivity index (χ0n) is 46.1. The molecule has 0 aromatic heterocycles. The van der Waals surface area contributed by atoms with Crippen LogP contribution in [-0.4, -0.2) is 87.5 Å². The number of nitrogens with one attached hydrogen (secondary N) is 1. The molecule has 0 saturated carbocycles. The normalized spacial score (nSPS) is 20.0. The van der Waals surface area contributed by atoms with Crippen LogP contribution < -0.4 is 5.32 Å². The van der Waals surface area contributed by atoms with E-state index in [-0.39, 0.29) is 12.5 Å². The first kappa shape index (κ1) is 67.6. The molecule has 0 radical (unpaired) electrons. The van der Waals surface area contributed by atoms with E-state index >= 15 is 0 Å². The maximum absolute atomic E-state index is 13.0. The number of aliphatic hydroxyl groups excluding tert-OH is 5. The Morgan fingerprint density at radius 1 is 0.479 bits per heavy atom. The van der Waals surface area contributed by atoms with E-state index in [1.54, 1.807) is 6.08 Å². The lowest BCUT2D eigenvalue weighted by Crippen LogP contribution is -2.60. The number of carbonyl (C=O) groups is 1. The smallest absolute Gasteiger partial charge is 0.220 e. The molecule has 9 heteroatoms. The summed E-state index contributed by atoms with van der Waals surface area (Å²) in [6.07, 6.45) is 71.3. The van der Waals surface area contributed by atoms with Crippen molar-refractivity contribution in [1.82, 2.24) is 5.32 Å². The lowest BCUT2D eigenvalue weighted by atomic mass is 9.99. The van der Waals surface area contributed by atoms with Gasteiger partial charge >= 0.3 is 0 Å². The van der Waals surface area contributed by atoms with Gasteiger partial charge in [0, 0.05) is 6.42 Å². The molecule has 0 aromatic rings. The fourth-order valence-corrected chi connectivity index (χ4v) is 8.40. The van der Waals surface area contributed by atoms with Crippen molar-refractivity contribution in [3.8, 4) is 0 Å². The van der Waals surface area contributed by atoms with Gasteiger partial charge in [-0.1, -0.05) is 232 Å². The molecule has 7 unspecified atom stereocenters. The number of unbranched alkanes of at least 4 members (excludes halogenated alkanes) is 20. The minimum atomic E-state index is -1.58. The zero-order chi connectivity index (χ0) is 52.9. The van der Waals surface area contributed by atoms with Gasteiger partial charge in [0.2, 0.25) is 5.91 Å². The third-order valence-electron chi connectivity index (χ3n) is 13.0. The van der Waals surface area contributed by atoms with Crippen molar-refractivity contribution in [2.24, 2.45) is 0 Å². The first-order valence-electron chi connectivity index (χ1n) is 29.3. The van der Waals surface area contributed by atoms with Crippen LogP contribution in [0.5, 0.6) is 0 Å². The maximum atomic E-state index is 13.0. The van der Waals surface area contributed by atoms with Crippen LogP contribution in [0.25, 0.3) is 0 Å². The Morgan fingerprint density at radius 3 is 1.32 bits per heavy atom. The molecule has 0 spiro atoms. The van der Waals surface area contributed by atoms with Crippen molar-refractivity contribution in [2.75, 3.05) is 13.2 Å². The molecule has 1 saturated heterocycles. The van der Waals surface area contributed by atoms with E-state index < -0.39 is 49.5 Å². The van der Waals surface area contributed by atoms with E-state index in [1.807, 2.05) is 6.08 Å². The number of hydrogen-bond donors (Lipinski definition) is 6. The predicted octanol–water partition coefficient (Wildman–Crippen LogP) is 14.7. The number of rotatable bonds is 48. The zero-order valence-corrected chi connectivity index (χ0v) is 46.1. The topological polar surface area (TPSA) is 149 Å². The summed E-state index contributed by atoms with van der Waals surface area (Å²) in [6.45, 7) is 3.59. The fourth-order valence-electron chi connectivity index (χ4n) is 8.40. The molecule has 7 atom stereocenters. The lowest BCUT2D eigenvalue weighted by molar-refractivity contribution is -0.302. The second-order valence-electron chi connectivity index (χ2n) is 19.7. The van der Waals surface area contributed by atoms with Crippen LogP contribution in [0.2, 0.25) is 0 Å². The molecule has 0 aliphatic carbocycles. The predicted molar refractivity (Wildman–Crippen MR) is 308 cm³/mol. The third-order valence-corrected chi connectivity index (χ3v) is 13.0. The van der Waals surface area contributed by atoms with Gasteiger partial charge in [0.05, 0.1) is 25.4 Å². The molecule has 9 nitrogen and oxygen atoms in total. The Labute approximate surface area is 446 Å². The van der Waals surface area contributed by atoms with E-state index in [2.05, 4.69) is 129 Å². The number of allylic oxidation sites excluding steroid dienone is 19. The van der Waals surface area contributed by atoms with Gasteiger partial charge < -0.3 is 40.3 Å². The van der Waals surface area contributed by atoms with Gasteiger partial charge in [-0.2, -0.15) is 0 Å². The summed E-state index contributed by atoms with van der Waals surface area (Å²) in [5, 5.41) is 54.3. The Kier molecular flexibility index (Phi) is 48.2. The van der Waals surface area contributed by atoms with Gasteiger partial charge in [-0.15, -0.1) is 0 Å². The van der Waals surface area contributed by atoms with Crippen molar-refractivity contribution < 1.29 is 39.8 Å². The van der Waals surface area contributed by atoms with Gasteiger partial charge in [-0.25, -0.2) is 0 Å². The van der Waals surface area contributed by atoms with Crippen LogP contribution in [0, 0.1) is 0 Å². The highest BCUT2D eigenvalue weighted by atomic mass is 16.7. The number of carbonyl (C=O) groups excluding carboxylic acids is 1. The second-order valence-corrected chi connectivity index (χ2v) is 19.7. The molecular weight excluding hydrogens is 911 g/mol. The van der Waals surface area contributed by atoms with E-state index in [0.717, 1.165) is 96.3 Å². The van der Waals surface area contributed by atoms with E-state index in [9.17, 15) is 30.3 Å². The molecular formula is C64H107NO8. The molecule has 1 heterocycles. The Morgan fingerprint density at radius 2 is 0.863 bits per heavy atom. The highest BCUT2D eigenvalue weighted by molar-refractivity contribution is 5.76. The third kappa shape index (κ3) is 41.5. The Hall–Kier alpha value is -3.41. The fraction of sp³-hybridized carbons (Fsp3) is 0.672. The molecule has 1 aliphatic rings. The quantitative estimate of drug-likeness (QED) is 0.0261. The van der Waals surface area contributed by atoms with Gasteiger partial charge in [0.25, 0.3) is 0 Å². The average molecular weight is 1020 g/mol.